The quantitative estimate of drug-likeness (QED) is 0.292. The van der Waals surface area contributed by atoms with Gasteiger partial charge in [-0.1, -0.05) is 0 Å². The van der Waals surface area contributed by atoms with Crippen LogP contribution in [-0.2, 0) is 17.1 Å². The van der Waals surface area contributed by atoms with E-state index in [0.717, 1.165) is 0 Å². The summed E-state index contributed by atoms with van der Waals surface area (Å²) in [6.07, 6.45) is 0. The van der Waals surface area contributed by atoms with Gasteiger partial charge in [-0.05, 0) is 0 Å². The largest absolute Gasteiger partial charge is 1.00 e. The average molecular weight is 115 g/mol. The molecule has 4 heteroatoms. The second-order valence-corrected chi connectivity index (χ2v) is 0. The molecule has 0 aromatic rings. The van der Waals surface area contributed by atoms with Crippen molar-refractivity contribution < 1.29 is 42.8 Å². The predicted octanol–water partition coefficient (Wildman–Crippen LogP) is -3.60. The van der Waals surface area contributed by atoms with Crippen LogP contribution in [0.2, 0.25) is 0 Å². The fourth-order valence-corrected chi connectivity index (χ4v) is 0. The molecule has 0 atom stereocenters. The molecule has 0 saturated carbocycles. The van der Waals surface area contributed by atoms with Gasteiger partial charge in [0.15, 0.2) is 0 Å². The van der Waals surface area contributed by atoms with E-state index < -0.39 is 0 Å². The van der Waals surface area contributed by atoms with Crippen LogP contribution in [0.15, 0.2) is 0 Å². The Morgan fingerprint density at radius 1 is 1.25 bits per heavy atom. The topological polar surface area (TPSA) is 31.5 Å². The second-order valence-electron chi connectivity index (χ2n) is 0. The Morgan fingerprint density at radius 3 is 1.25 bits per heavy atom. The Bertz CT molecular complexity index is 11.6. The molecule has 0 aliphatic carbocycles. The van der Waals surface area contributed by atoms with Crippen molar-refractivity contribution in [2.75, 3.05) is 0 Å². The van der Waals surface area contributed by atoms with Gasteiger partial charge in [-0.2, -0.15) is 13.5 Å². The van der Waals surface area contributed by atoms with Gasteiger partial charge in [0.05, 0.1) is 0 Å². The van der Waals surface area contributed by atoms with Gasteiger partial charge in [-0.15, -0.1) is 0 Å². The molecule has 1 nitrogen and oxygen atoms in total. The molecule has 0 aromatic carbocycles. The Morgan fingerprint density at radius 2 is 1.25 bits per heavy atom. The van der Waals surface area contributed by atoms with Crippen molar-refractivity contribution in [1.29, 1.82) is 0 Å². The molecule has 0 fully saturated rings. The third-order valence-electron chi connectivity index (χ3n) is 0. The standard InChI is InChI=1S/Li.Mn.H2O.H2S.H/h;;2*1H2;/q+1;;;;-1. The summed E-state index contributed by atoms with van der Waals surface area (Å²) in [5, 5.41) is 0. The number of rotatable bonds is 0. The molecule has 0 heterocycles. The first-order valence-corrected chi connectivity index (χ1v) is 0. The monoisotopic (exact) mass is 115 g/mol. The van der Waals surface area contributed by atoms with Crippen LogP contribution in [0.3, 0.4) is 0 Å². The molecule has 0 aliphatic rings. The van der Waals surface area contributed by atoms with E-state index in [1.165, 1.54) is 0 Å². The van der Waals surface area contributed by atoms with Gasteiger partial charge in [0, 0.05) is 17.1 Å². The van der Waals surface area contributed by atoms with Crippen LogP contribution in [0.4, 0.5) is 0 Å². The number of hydrogen-bond acceptors (Lipinski definition) is 0. The van der Waals surface area contributed by atoms with Crippen LogP contribution in [0.5, 0.6) is 0 Å². The van der Waals surface area contributed by atoms with E-state index in [1.807, 2.05) is 0 Å². The van der Waals surface area contributed by atoms with E-state index in [2.05, 4.69) is 0 Å². The van der Waals surface area contributed by atoms with E-state index in [1.54, 1.807) is 0 Å². The van der Waals surface area contributed by atoms with E-state index in [-0.39, 0.29) is 56.3 Å². The summed E-state index contributed by atoms with van der Waals surface area (Å²) in [5.74, 6) is 0. The molecule has 0 rings (SSSR count). The van der Waals surface area contributed by atoms with Crippen LogP contribution >= 0.6 is 13.5 Å². The van der Waals surface area contributed by atoms with Crippen LogP contribution in [0.25, 0.3) is 0 Å². The molecule has 0 saturated heterocycles. The van der Waals surface area contributed by atoms with Crippen LogP contribution < -0.4 is 18.9 Å². The first kappa shape index (κ1) is 52.2. The Balaban J connectivity index is 0. The zero-order valence-corrected chi connectivity index (χ0v) is 4.56. The van der Waals surface area contributed by atoms with Gasteiger partial charge < -0.3 is 6.90 Å². The number of hydrogen-bond donors (Lipinski definition) is 0. The molecule has 0 amide bonds. The van der Waals surface area contributed by atoms with E-state index in [9.17, 15) is 0 Å². The van der Waals surface area contributed by atoms with E-state index in [0.29, 0.717) is 0 Å². The zero-order chi connectivity index (χ0) is 0. The molecular weight excluding hydrogens is 110 g/mol. The fraction of sp³-hybridized carbons (Fsp3) is 0. The summed E-state index contributed by atoms with van der Waals surface area (Å²) in [4.78, 5) is 0. The maximum absolute atomic E-state index is 0. The summed E-state index contributed by atoms with van der Waals surface area (Å²) < 4.78 is 0. The van der Waals surface area contributed by atoms with Crippen molar-refractivity contribution in [2.45, 2.75) is 0 Å². The molecule has 0 bridgehead atoms. The Labute approximate surface area is 56.4 Å². The maximum atomic E-state index is 0. The minimum Gasteiger partial charge on any atom is -1.00 e. The molecule has 0 aromatic heterocycles. The van der Waals surface area contributed by atoms with Crippen molar-refractivity contribution >= 4 is 13.5 Å². The molecule has 25 valence electrons. The van der Waals surface area contributed by atoms with Gasteiger partial charge >= 0.3 is 18.9 Å². The van der Waals surface area contributed by atoms with Crippen molar-refractivity contribution in [3.63, 3.8) is 0 Å². The first-order valence-electron chi connectivity index (χ1n) is 0. The van der Waals surface area contributed by atoms with E-state index in [4.69, 9.17) is 0 Å². The van der Waals surface area contributed by atoms with Crippen LogP contribution in [0, 0.1) is 0 Å². The molecule has 0 aliphatic heterocycles. The van der Waals surface area contributed by atoms with Crippen LogP contribution in [0.1, 0.15) is 1.43 Å². The maximum Gasteiger partial charge on any atom is 1.00 e. The van der Waals surface area contributed by atoms with Gasteiger partial charge in [-0.25, -0.2) is 0 Å². The van der Waals surface area contributed by atoms with Crippen molar-refractivity contribution in [1.82, 2.24) is 0 Å². The summed E-state index contributed by atoms with van der Waals surface area (Å²) in [6.45, 7) is 0. The molecular formula is H5LiMnOS. The summed E-state index contributed by atoms with van der Waals surface area (Å²) in [7, 11) is 0. The van der Waals surface area contributed by atoms with Gasteiger partial charge in [0.25, 0.3) is 0 Å². The third kappa shape index (κ3) is 9.91. The molecule has 4 heavy (non-hydrogen) atoms. The SMILES string of the molecule is O.S.[H-].[Li+].[Mn]. The first-order chi connectivity index (χ1) is 0. The molecule has 0 spiro atoms. The van der Waals surface area contributed by atoms with E-state index >= 15 is 0 Å². The second kappa shape index (κ2) is 25.5. The smallest absolute Gasteiger partial charge is 1.00 e. The molecule has 1 radical (unpaired) electrons. The molecule has 0 unspecified atom stereocenters. The minimum absolute atomic E-state index is 0. The summed E-state index contributed by atoms with van der Waals surface area (Å²) in [5.41, 5.74) is 0. The minimum atomic E-state index is 0. The van der Waals surface area contributed by atoms with Crippen molar-refractivity contribution in [2.24, 2.45) is 0 Å². The van der Waals surface area contributed by atoms with Crippen molar-refractivity contribution in [3.05, 3.63) is 0 Å². The predicted molar refractivity (Wildman–Crippen MR) is 15.1 cm³/mol. The third-order valence-corrected chi connectivity index (χ3v) is 0. The zero-order valence-electron chi connectivity index (χ0n) is 3.38. The van der Waals surface area contributed by atoms with Gasteiger partial charge in [-0.3, -0.25) is 0 Å². The molecule has 2 N–H and O–H groups in total. The summed E-state index contributed by atoms with van der Waals surface area (Å²) >= 11 is 0. The summed E-state index contributed by atoms with van der Waals surface area (Å²) in [6, 6.07) is 0. The Hall–Kier alpha value is 1.43. The van der Waals surface area contributed by atoms with Gasteiger partial charge in [0.1, 0.15) is 0 Å². The normalized spacial score (nSPS) is 0. The van der Waals surface area contributed by atoms with Gasteiger partial charge in [0.2, 0.25) is 0 Å². The van der Waals surface area contributed by atoms with Crippen molar-refractivity contribution in [3.8, 4) is 0 Å². The fourth-order valence-electron chi connectivity index (χ4n) is 0. The van der Waals surface area contributed by atoms with Crippen LogP contribution in [-0.4, -0.2) is 5.48 Å². The average Bonchev–Trinajstić information content (AvgIpc) is 0. The Kier molecular flexibility index (Phi) is 333.